The average Bonchev–Trinajstić information content (AvgIpc) is 2.86. The molecule has 0 heterocycles. The van der Waals surface area contributed by atoms with E-state index in [9.17, 15) is 21.6 Å². The number of sulfonamides is 2. The number of amides is 1. The van der Waals surface area contributed by atoms with Gasteiger partial charge in [0.15, 0.2) is 0 Å². The second-order valence-electron chi connectivity index (χ2n) is 8.33. The Labute approximate surface area is 241 Å². The van der Waals surface area contributed by atoms with E-state index in [-0.39, 0.29) is 36.8 Å². The molecule has 4 aromatic carbocycles. The molecular weight excluding hydrogens is 605 g/mol. The molecule has 0 aromatic heterocycles. The molecule has 3 N–H and O–H groups in total. The van der Waals surface area contributed by atoms with E-state index in [1.54, 1.807) is 18.2 Å². The quantitative estimate of drug-likeness (QED) is 0.199. The molecule has 0 fully saturated rings. The second kappa shape index (κ2) is 11.4. The molecule has 39 heavy (non-hydrogen) atoms. The van der Waals surface area contributed by atoms with Gasteiger partial charge < -0.3 is 5.32 Å². The molecule has 0 spiro atoms. The van der Waals surface area contributed by atoms with Crippen molar-refractivity contribution in [3.63, 3.8) is 0 Å². The Balaban J connectivity index is 1.50. The number of carbonyl (C=O) groups excluding carboxylic acids is 1. The van der Waals surface area contributed by atoms with Crippen molar-refractivity contribution in [3.8, 4) is 0 Å². The third-order valence-electron chi connectivity index (χ3n) is 5.35. The zero-order valence-electron chi connectivity index (χ0n) is 20.1. The summed E-state index contributed by atoms with van der Waals surface area (Å²) >= 11 is 18.1. The summed E-state index contributed by atoms with van der Waals surface area (Å²) in [7, 11) is -8.08. The SMILES string of the molecule is Cc1cccc(NS(=O)(=O)c2cc(C(=O)Nc3ccc(S(=O)(=O)Nc4ccc(Cl)cc4Cl)cc3)ccc2Cl)c1. The van der Waals surface area contributed by atoms with E-state index in [0.29, 0.717) is 10.7 Å². The molecule has 0 aliphatic rings. The number of carbonyl (C=O) groups is 1. The van der Waals surface area contributed by atoms with Gasteiger partial charge in [0.05, 0.1) is 20.6 Å². The van der Waals surface area contributed by atoms with Crippen LogP contribution < -0.4 is 14.8 Å². The monoisotopic (exact) mass is 623 g/mol. The molecule has 1 amide bonds. The first-order valence-corrected chi connectivity index (χ1v) is 15.2. The van der Waals surface area contributed by atoms with Crippen LogP contribution in [0.4, 0.5) is 17.1 Å². The highest BCUT2D eigenvalue weighted by molar-refractivity contribution is 7.93. The summed E-state index contributed by atoms with van der Waals surface area (Å²) in [5, 5.41) is 3.04. The van der Waals surface area contributed by atoms with Crippen molar-refractivity contribution in [2.24, 2.45) is 0 Å². The van der Waals surface area contributed by atoms with Crippen LogP contribution in [-0.4, -0.2) is 22.7 Å². The van der Waals surface area contributed by atoms with Crippen molar-refractivity contribution >= 4 is 77.8 Å². The Morgan fingerprint density at radius 1 is 0.692 bits per heavy atom. The van der Waals surface area contributed by atoms with E-state index in [1.165, 1.54) is 54.6 Å². The van der Waals surface area contributed by atoms with Crippen LogP contribution in [0.2, 0.25) is 15.1 Å². The first-order valence-electron chi connectivity index (χ1n) is 11.1. The van der Waals surface area contributed by atoms with Crippen molar-refractivity contribution < 1.29 is 21.6 Å². The van der Waals surface area contributed by atoms with Crippen molar-refractivity contribution in [1.29, 1.82) is 0 Å². The number of halogens is 3. The molecule has 0 bridgehead atoms. The normalized spacial score (nSPS) is 11.6. The van der Waals surface area contributed by atoms with Gasteiger partial charge in [-0.2, -0.15) is 0 Å². The number of nitrogens with one attached hydrogen (secondary N) is 3. The van der Waals surface area contributed by atoms with Crippen LogP contribution in [0.3, 0.4) is 0 Å². The summed E-state index contributed by atoms with van der Waals surface area (Å²) in [6.07, 6.45) is 0. The van der Waals surface area contributed by atoms with Crippen molar-refractivity contribution in [2.75, 3.05) is 14.8 Å². The Morgan fingerprint density at radius 3 is 2.08 bits per heavy atom. The number of hydrogen-bond acceptors (Lipinski definition) is 5. The van der Waals surface area contributed by atoms with Crippen LogP contribution in [0, 0.1) is 6.92 Å². The molecule has 202 valence electrons. The largest absolute Gasteiger partial charge is 0.322 e. The number of rotatable bonds is 8. The smallest absolute Gasteiger partial charge is 0.263 e. The van der Waals surface area contributed by atoms with E-state index in [4.69, 9.17) is 34.8 Å². The zero-order chi connectivity index (χ0) is 28.4. The molecule has 13 heteroatoms. The minimum Gasteiger partial charge on any atom is -0.322 e. The molecule has 0 unspecified atom stereocenters. The van der Waals surface area contributed by atoms with Crippen LogP contribution in [0.15, 0.2) is 94.7 Å². The summed E-state index contributed by atoms with van der Waals surface area (Å²) in [4.78, 5) is 12.5. The third kappa shape index (κ3) is 7.03. The number of benzene rings is 4. The second-order valence-corrected chi connectivity index (χ2v) is 12.9. The molecule has 0 radical (unpaired) electrons. The van der Waals surface area contributed by atoms with Gasteiger partial charge in [-0.15, -0.1) is 0 Å². The summed E-state index contributed by atoms with van der Waals surface area (Å²) in [5.74, 6) is -0.625. The van der Waals surface area contributed by atoms with Crippen LogP contribution >= 0.6 is 34.8 Å². The van der Waals surface area contributed by atoms with Crippen LogP contribution in [0.5, 0.6) is 0 Å². The highest BCUT2D eigenvalue weighted by Gasteiger charge is 2.21. The lowest BCUT2D eigenvalue weighted by molar-refractivity contribution is 0.102. The Bertz CT molecular complexity index is 1780. The van der Waals surface area contributed by atoms with E-state index >= 15 is 0 Å². The fraction of sp³-hybridized carbons (Fsp3) is 0.0385. The maximum atomic E-state index is 13.0. The molecule has 0 saturated heterocycles. The van der Waals surface area contributed by atoms with Gasteiger partial charge in [0, 0.05) is 22.0 Å². The van der Waals surface area contributed by atoms with Gasteiger partial charge >= 0.3 is 0 Å². The molecular formula is C26H20Cl3N3O5S2. The molecule has 0 aliphatic carbocycles. The van der Waals surface area contributed by atoms with Crippen LogP contribution in [0.1, 0.15) is 15.9 Å². The first-order chi connectivity index (χ1) is 18.3. The lowest BCUT2D eigenvalue weighted by atomic mass is 10.2. The topological polar surface area (TPSA) is 121 Å². The lowest BCUT2D eigenvalue weighted by Gasteiger charge is -2.12. The van der Waals surface area contributed by atoms with Gasteiger partial charge in [0.2, 0.25) is 0 Å². The van der Waals surface area contributed by atoms with Crippen molar-refractivity contribution in [1.82, 2.24) is 0 Å². The minimum absolute atomic E-state index is 0.0276. The van der Waals surface area contributed by atoms with Gasteiger partial charge in [-0.1, -0.05) is 46.9 Å². The van der Waals surface area contributed by atoms with Gasteiger partial charge in [0.25, 0.3) is 26.0 Å². The fourth-order valence-corrected chi connectivity index (χ4v) is 6.63. The predicted molar refractivity (Wildman–Crippen MR) is 155 cm³/mol. The third-order valence-corrected chi connectivity index (χ3v) is 9.14. The van der Waals surface area contributed by atoms with Gasteiger partial charge in [0.1, 0.15) is 4.90 Å². The molecule has 0 saturated carbocycles. The molecule has 4 rings (SSSR count). The fourth-order valence-electron chi connectivity index (χ4n) is 3.47. The van der Waals surface area contributed by atoms with E-state index in [0.717, 1.165) is 11.6 Å². The molecule has 8 nitrogen and oxygen atoms in total. The Hall–Kier alpha value is -3.28. The van der Waals surface area contributed by atoms with Crippen molar-refractivity contribution in [3.05, 3.63) is 111 Å². The van der Waals surface area contributed by atoms with Crippen molar-refractivity contribution in [2.45, 2.75) is 16.7 Å². The standard InChI is InChI=1S/C26H20Cl3N3O5S2/c1-16-3-2-4-20(13-16)31-39(36,37)25-14-17(5-11-22(25)28)26(33)30-19-7-9-21(10-8-19)38(34,35)32-24-12-6-18(27)15-23(24)29/h2-15,31-32H,1H3,(H,30,33). The maximum absolute atomic E-state index is 13.0. The van der Waals surface area contributed by atoms with Crippen LogP contribution in [0.25, 0.3) is 0 Å². The van der Waals surface area contributed by atoms with Gasteiger partial charge in [-0.25, -0.2) is 16.8 Å². The molecule has 0 aliphatic heterocycles. The Kier molecular flexibility index (Phi) is 8.43. The van der Waals surface area contributed by atoms with E-state index in [1.807, 2.05) is 13.0 Å². The lowest BCUT2D eigenvalue weighted by Crippen LogP contribution is -2.17. The maximum Gasteiger partial charge on any atom is 0.263 e. The number of anilines is 3. The highest BCUT2D eigenvalue weighted by Crippen LogP contribution is 2.29. The summed E-state index contributed by atoms with van der Waals surface area (Å²) in [6, 6.07) is 20.4. The first kappa shape index (κ1) is 28.7. The predicted octanol–water partition coefficient (Wildman–Crippen LogP) is 6.81. The molecule has 4 aromatic rings. The minimum atomic E-state index is -4.10. The highest BCUT2D eigenvalue weighted by atomic mass is 35.5. The van der Waals surface area contributed by atoms with E-state index in [2.05, 4.69) is 14.8 Å². The van der Waals surface area contributed by atoms with E-state index < -0.39 is 26.0 Å². The van der Waals surface area contributed by atoms with Gasteiger partial charge in [-0.05, 0) is 85.3 Å². The average molecular weight is 625 g/mol. The zero-order valence-corrected chi connectivity index (χ0v) is 24.0. The summed E-state index contributed by atoms with van der Waals surface area (Å²) in [6.45, 7) is 1.82. The van der Waals surface area contributed by atoms with Crippen LogP contribution in [-0.2, 0) is 20.0 Å². The summed E-state index contributed by atoms with van der Waals surface area (Å²) < 4.78 is 56.2. The number of hydrogen-bond donors (Lipinski definition) is 3. The summed E-state index contributed by atoms with van der Waals surface area (Å²) in [5.41, 5.74) is 1.67. The molecule has 0 atom stereocenters. The van der Waals surface area contributed by atoms with Gasteiger partial charge in [-0.3, -0.25) is 14.2 Å². The Morgan fingerprint density at radius 2 is 1.41 bits per heavy atom. The number of aryl methyl sites for hydroxylation is 1.